The molecule has 5 nitrogen and oxygen atoms in total. The molecule has 0 aliphatic rings. The number of nitrogens with one attached hydrogen (secondary N) is 1. The molecule has 0 spiro atoms. The fraction of sp³-hybridized carbons (Fsp3) is 0.167. The summed E-state index contributed by atoms with van der Waals surface area (Å²) in [6.45, 7) is 0. The van der Waals surface area contributed by atoms with Crippen LogP contribution in [-0.2, 0) is 11.2 Å². The highest BCUT2D eigenvalue weighted by Crippen LogP contribution is 2.27. The van der Waals surface area contributed by atoms with Crippen LogP contribution < -0.4 is 14.8 Å². The van der Waals surface area contributed by atoms with Gasteiger partial charge in [-0.2, -0.15) is 0 Å². The van der Waals surface area contributed by atoms with Crippen LogP contribution in [0.15, 0.2) is 48.7 Å². The molecule has 5 heteroatoms. The quantitative estimate of drug-likeness (QED) is 0.860. The molecule has 0 aliphatic carbocycles. The summed E-state index contributed by atoms with van der Waals surface area (Å²) < 4.78 is 10.4. The first-order valence-corrected chi connectivity index (χ1v) is 7.08. The van der Waals surface area contributed by atoms with Gasteiger partial charge in [-0.05, 0) is 41.5 Å². The van der Waals surface area contributed by atoms with Crippen molar-refractivity contribution in [3.05, 3.63) is 59.8 Å². The molecule has 2 N–H and O–H groups in total. The minimum atomic E-state index is -0.132. The highest BCUT2D eigenvalue weighted by Gasteiger charge is 2.03. The SMILES string of the molecule is COc1ccc(C=CNC(=O)Cc2ccc(O)cc2)cc1OC. The van der Waals surface area contributed by atoms with Crippen LogP contribution in [0.3, 0.4) is 0 Å². The smallest absolute Gasteiger partial charge is 0.228 e. The van der Waals surface area contributed by atoms with E-state index in [4.69, 9.17) is 9.47 Å². The number of ether oxygens (including phenoxy) is 2. The van der Waals surface area contributed by atoms with E-state index in [0.717, 1.165) is 11.1 Å². The summed E-state index contributed by atoms with van der Waals surface area (Å²) in [5, 5.41) is 11.9. The number of carbonyl (C=O) groups is 1. The van der Waals surface area contributed by atoms with Crippen LogP contribution in [0, 0.1) is 0 Å². The largest absolute Gasteiger partial charge is 0.508 e. The van der Waals surface area contributed by atoms with E-state index in [-0.39, 0.29) is 18.1 Å². The maximum atomic E-state index is 11.8. The number of aromatic hydroxyl groups is 1. The second-order valence-corrected chi connectivity index (χ2v) is 4.86. The molecular weight excluding hydrogens is 294 g/mol. The summed E-state index contributed by atoms with van der Waals surface area (Å²) in [5.74, 6) is 1.33. The van der Waals surface area contributed by atoms with Crippen LogP contribution >= 0.6 is 0 Å². The Hall–Kier alpha value is -2.95. The van der Waals surface area contributed by atoms with Gasteiger partial charge in [0.1, 0.15) is 5.75 Å². The van der Waals surface area contributed by atoms with E-state index in [2.05, 4.69) is 5.32 Å². The van der Waals surface area contributed by atoms with Crippen molar-refractivity contribution in [1.29, 1.82) is 0 Å². The molecule has 120 valence electrons. The Morgan fingerprint density at radius 1 is 1.09 bits per heavy atom. The van der Waals surface area contributed by atoms with Crippen molar-refractivity contribution in [2.24, 2.45) is 0 Å². The number of benzene rings is 2. The zero-order chi connectivity index (χ0) is 16.7. The minimum absolute atomic E-state index is 0.132. The van der Waals surface area contributed by atoms with Crippen LogP contribution in [0.1, 0.15) is 11.1 Å². The van der Waals surface area contributed by atoms with Gasteiger partial charge in [-0.15, -0.1) is 0 Å². The van der Waals surface area contributed by atoms with Crippen LogP contribution in [0.2, 0.25) is 0 Å². The highest BCUT2D eigenvalue weighted by atomic mass is 16.5. The number of rotatable bonds is 6. The lowest BCUT2D eigenvalue weighted by Crippen LogP contribution is -2.19. The van der Waals surface area contributed by atoms with Crippen LogP contribution in [0.5, 0.6) is 17.2 Å². The predicted octanol–water partition coefficient (Wildman–Crippen LogP) is 2.74. The summed E-state index contributed by atoms with van der Waals surface area (Å²) in [6, 6.07) is 12.0. The minimum Gasteiger partial charge on any atom is -0.508 e. The number of methoxy groups -OCH3 is 2. The Bertz CT molecular complexity index is 693. The molecule has 0 fully saturated rings. The number of hydrogen-bond acceptors (Lipinski definition) is 4. The van der Waals surface area contributed by atoms with Crippen LogP contribution in [0.25, 0.3) is 6.08 Å². The Labute approximate surface area is 135 Å². The van der Waals surface area contributed by atoms with Gasteiger partial charge >= 0.3 is 0 Å². The molecule has 2 rings (SSSR count). The van der Waals surface area contributed by atoms with Crippen molar-refractivity contribution >= 4 is 12.0 Å². The molecule has 0 heterocycles. The molecule has 0 aromatic heterocycles. The molecule has 0 unspecified atom stereocenters. The standard InChI is InChI=1S/C18H19NO4/c1-22-16-8-5-14(11-17(16)23-2)9-10-19-18(21)12-13-3-6-15(20)7-4-13/h3-11,20H,12H2,1-2H3,(H,19,21). The van der Waals surface area contributed by atoms with Crippen molar-refractivity contribution in [3.8, 4) is 17.2 Å². The van der Waals surface area contributed by atoms with Crippen LogP contribution in [-0.4, -0.2) is 25.2 Å². The van der Waals surface area contributed by atoms with Gasteiger partial charge in [0.2, 0.25) is 5.91 Å². The van der Waals surface area contributed by atoms with E-state index in [1.807, 2.05) is 12.1 Å². The molecule has 2 aromatic rings. The topological polar surface area (TPSA) is 67.8 Å². The zero-order valence-corrected chi connectivity index (χ0v) is 13.1. The van der Waals surface area contributed by atoms with E-state index < -0.39 is 0 Å². The second kappa shape index (κ2) is 7.89. The van der Waals surface area contributed by atoms with Gasteiger partial charge in [-0.1, -0.05) is 18.2 Å². The van der Waals surface area contributed by atoms with E-state index in [0.29, 0.717) is 11.5 Å². The van der Waals surface area contributed by atoms with Gasteiger partial charge in [0, 0.05) is 6.20 Å². The van der Waals surface area contributed by atoms with Gasteiger partial charge in [0.25, 0.3) is 0 Å². The third-order valence-corrected chi connectivity index (χ3v) is 3.23. The summed E-state index contributed by atoms with van der Waals surface area (Å²) in [6.07, 6.45) is 3.61. The number of phenolic OH excluding ortho intramolecular Hbond substituents is 1. The fourth-order valence-electron chi connectivity index (χ4n) is 2.04. The summed E-state index contributed by atoms with van der Waals surface area (Å²) in [4.78, 5) is 11.8. The Morgan fingerprint density at radius 2 is 1.78 bits per heavy atom. The van der Waals surface area contributed by atoms with Crippen molar-refractivity contribution in [2.45, 2.75) is 6.42 Å². The lowest BCUT2D eigenvalue weighted by Gasteiger charge is -2.07. The number of hydrogen-bond donors (Lipinski definition) is 2. The molecule has 0 aliphatic heterocycles. The van der Waals surface area contributed by atoms with Crippen molar-refractivity contribution < 1.29 is 19.4 Å². The lowest BCUT2D eigenvalue weighted by atomic mass is 10.1. The van der Waals surface area contributed by atoms with E-state index in [1.165, 1.54) is 0 Å². The first-order chi connectivity index (χ1) is 11.1. The van der Waals surface area contributed by atoms with Gasteiger partial charge in [-0.3, -0.25) is 4.79 Å². The Morgan fingerprint density at radius 3 is 2.43 bits per heavy atom. The Balaban J connectivity index is 1.93. The first-order valence-electron chi connectivity index (χ1n) is 7.08. The number of carbonyl (C=O) groups excluding carboxylic acids is 1. The van der Waals surface area contributed by atoms with Crippen molar-refractivity contribution in [2.75, 3.05) is 14.2 Å². The van der Waals surface area contributed by atoms with E-state index in [1.54, 1.807) is 56.8 Å². The van der Waals surface area contributed by atoms with Gasteiger partial charge in [-0.25, -0.2) is 0 Å². The summed E-state index contributed by atoms with van der Waals surface area (Å²) >= 11 is 0. The predicted molar refractivity (Wildman–Crippen MR) is 88.5 cm³/mol. The molecule has 0 bridgehead atoms. The van der Waals surface area contributed by atoms with Crippen LogP contribution in [0.4, 0.5) is 0 Å². The van der Waals surface area contributed by atoms with Crippen molar-refractivity contribution in [3.63, 3.8) is 0 Å². The maximum absolute atomic E-state index is 11.8. The maximum Gasteiger partial charge on any atom is 0.228 e. The highest BCUT2D eigenvalue weighted by molar-refractivity contribution is 5.80. The zero-order valence-electron chi connectivity index (χ0n) is 13.1. The number of phenols is 1. The summed E-state index contributed by atoms with van der Waals surface area (Å²) in [7, 11) is 3.15. The average Bonchev–Trinajstić information content (AvgIpc) is 2.56. The average molecular weight is 313 g/mol. The molecule has 2 aromatic carbocycles. The molecule has 0 saturated carbocycles. The lowest BCUT2D eigenvalue weighted by molar-refractivity contribution is -0.119. The fourth-order valence-corrected chi connectivity index (χ4v) is 2.04. The third kappa shape index (κ3) is 4.78. The van der Waals surface area contributed by atoms with Gasteiger partial charge < -0.3 is 19.9 Å². The Kier molecular flexibility index (Phi) is 5.63. The molecule has 0 radical (unpaired) electrons. The van der Waals surface area contributed by atoms with E-state index in [9.17, 15) is 9.90 Å². The summed E-state index contributed by atoms with van der Waals surface area (Å²) in [5.41, 5.74) is 1.72. The monoisotopic (exact) mass is 313 g/mol. The van der Waals surface area contributed by atoms with Gasteiger partial charge in [0.05, 0.1) is 20.6 Å². The second-order valence-electron chi connectivity index (χ2n) is 4.86. The normalized spacial score (nSPS) is 10.5. The third-order valence-electron chi connectivity index (χ3n) is 3.23. The molecule has 1 amide bonds. The number of amides is 1. The van der Waals surface area contributed by atoms with E-state index >= 15 is 0 Å². The molecular formula is C18H19NO4. The van der Waals surface area contributed by atoms with Crippen molar-refractivity contribution in [1.82, 2.24) is 5.32 Å². The van der Waals surface area contributed by atoms with Gasteiger partial charge in [0.15, 0.2) is 11.5 Å². The molecule has 0 saturated heterocycles. The first kappa shape index (κ1) is 16.4. The molecule has 0 atom stereocenters. The molecule has 23 heavy (non-hydrogen) atoms.